The Morgan fingerprint density at radius 3 is 1.43 bits per heavy atom. The van der Waals surface area contributed by atoms with Gasteiger partial charge in [-0.2, -0.15) is 0 Å². The number of rotatable bonds is 9. The highest BCUT2D eigenvalue weighted by Gasteiger charge is 2.11. The standard InChI is InChI=1S/C31H38N2O4/c1-22(2)18-23-6-8-25(9-7-23)20-36-30(35)33-28-16-12-26(13-17-28)21-37-29(34)32-27-14-10-24(11-15-27)19-31(3,4)5/h6-17,22H,18-21H2,1-5H3,(H,32,34)(H,33,35). The predicted molar refractivity (Wildman–Crippen MR) is 149 cm³/mol. The summed E-state index contributed by atoms with van der Waals surface area (Å²) in [5, 5.41) is 5.46. The second-order valence-corrected chi connectivity index (χ2v) is 10.9. The summed E-state index contributed by atoms with van der Waals surface area (Å²) < 4.78 is 10.6. The first-order valence-corrected chi connectivity index (χ1v) is 12.7. The molecule has 0 heterocycles. The first-order valence-electron chi connectivity index (χ1n) is 12.7. The molecule has 0 spiro atoms. The van der Waals surface area contributed by atoms with Crippen LogP contribution in [-0.4, -0.2) is 12.2 Å². The lowest BCUT2D eigenvalue weighted by molar-refractivity contribution is 0.154. The van der Waals surface area contributed by atoms with Gasteiger partial charge in [-0.25, -0.2) is 9.59 Å². The molecule has 196 valence electrons. The van der Waals surface area contributed by atoms with Crippen molar-refractivity contribution in [3.63, 3.8) is 0 Å². The Balaban J connectivity index is 1.39. The molecule has 3 rings (SSSR count). The van der Waals surface area contributed by atoms with Crippen LogP contribution in [0.2, 0.25) is 0 Å². The maximum atomic E-state index is 12.2. The van der Waals surface area contributed by atoms with E-state index < -0.39 is 12.2 Å². The molecule has 0 aliphatic carbocycles. The summed E-state index contributed by atoms with van der Waals surface area (Å²) in [6.07, 6.45) is 0.945. The molecule has 0 aliphatic rings. The van der Waals surface area contributed by atoms with Crippen molar-refractivity contribution in [2.24, 2.45) is 11.3 Å². The van der Waals surface area contributed by atoms with Crippen LogP contribution in [0.1, 0.15) is 56.9 Å². The Labute approximate surface area is 220 Å². The van der Waals surface area contributed by atoms with E-state index in [-0.39, 0.29) is 18.6 Å². The van der Waals surface area contributed by atoms with Crippen molar-refractivity contribution in [1.29, 1.82) is 0 Å². The summed E-state index contributed by atoms with van der Waals surface area (Å²) >= 11 is 0. The molecule has 37 heavy (non-hydrogen) atoms. The lowest BCUT2D eigenvalue weighted by atomic mass is 9.88. The molecule has 2 amide bonds. The number of hydrogen-bond acceptors (Lipinski definition) is 4. The average Bonchev–Trinajstić information content (AvgIpc) is 2.83. The quantitative estimate of drug-likeness (QED) is 0.311. The molecule has 2 N–H and O–H groups in total. The molecule has 6 nitrogen and oxygen atoms in total. The zero-order valence-electron chi connectivity index (χ0n) is 22.5. The van der Waals surface area contributed by atoms with Gasteiger partial charge in [-0.15, -0.1) is 0 Å². The maximum Gasteiger partial charge on any atom is 0.411 e. The summed E-state index contributed by atoms with van der Waals surface area (Å²) in [5.41, 5.74) is 5.73. The van der Waals surface area contributed by atoms with E-state index in [0.29, 0.717) is 17.3 Å². The lowest BCUT2D eigenvalue weighted by Gasteiger charge is -2.18. The van der Waals surface area contributed by atoms with Gasteiger partial charge in [0.2, 0.25) is 0 Å². The van der Waals surface area contributed by atoms with Crippen LogP contribution in [0.15, 0.2) is 72.8 Å². The largest absolute Gasteiger partial charge is 0.444 e. The van der Waals surface area contributed by atoms with Crippen molar-refractivity contribution in [3.8, 4) is 0 Å². The zero-order chi connectivity index (χ0) is 26.8. The van der Waals surface area contributed by atoms with Gasteiger partial charge in [-0.3, -0.25) is 10.6 Å². The van der Waals surface area contributed by atoms with Gasteiger partial charge in [0.15, 0.2) is 0 Å². The van der Waals surface area contributed by atoms with Crippen molar-refractivity contribution in [2.45, 2.75) is 60.7 Å². The van der Waals surface area contributed by atoms with Crippen LogP contribution in [0.3, 0.4) is 0 Å². The van der Waals surface area contributed by atoms with E-state index in [4.69, 9.17) is 9.47 Å². The van der Waals surface area contributed by atoms with Crippen LogP contribution < -0.4 is 10.6 Å². The SMILES string of the molecule is CC(C)Cc1ccc(COC(=O)Nc2ccc(COC(=O)Nc3ccc(CC(C)(C)C)cc3)cc2)cc1. The molecule has 0 fully saturated rings. The fourth-order valence-corrected chi connectivity index (χ4v) is 3.85. The fourth-order valence-electron chi connectivity index (χ4n) is 3.85. The van der Waals surface area contributed by atoms with Gasteiger partial charge in [-0.1, -0.05) is 83.1 Å². The molecule has 0 aliphatic heterocycles. The number of carbonyl (C=O) groups is 2. The summed E-state index contributed by atoms with van der Waals surface area (Å²) in [6.45, 7) is 11.3. The molecule has 0 atom stereocenters. The van der Waals surface area contributed by atoms with E-state index in [1.807, 2.05) is 36.4 Å². The summed E-state index contributed by atoms with van der Waals surface area (Å²) in [7, 11) is 0. The number of ether oxygens (including phenoxy) is 2. The second-order valence-electron chi connectivity index (χ2n) is 10.9. The minimum Gasteiger partial charge on any atom is -0.444 e. The number of amides is 2. The van der Waals surface area contributed by atoms with Crippen LogP contribution in [0.5, 0.6) is 0 Å². The van der Waals surface area contributed by atoms with Crippen LogP contribution >= 0.6 is 0 Å². The Bertz CT molecular complexity index is 1150. The van der Waals surface area contributed by atoms with Crippen molar-refractivity contribution < 1.29 is 19.1 Å². The third-order valence-electron chi connectivity index (χ3n) is 5.54. The van der Waals surface area contributed by atoms with E-state index in [1.54, 1.807) is 24.3 Å². The molecule has 0 aromatic heterocycles. The number of benzene rings is 3. The third kappa shape index (κ3) is 10.4. The minimum atomic E-state index is -0.525. The van der Waals surface area contributed by atoms with Gasteiger partial charge in [0.1, 0.15) is 13.2 Å². The van der Waals surface area contributed by atoms with Gasteiger partial charge in [0, 0.05) is 11.4 Å². The van der Waals surface area contributed by atoms with E-state index in [1.165, 1.54) is 11.1 Å². The fraction of sp³-hybridized carbons (Fsp3) is 0.355. The molecule has 0 radical (unpaired) electrons. The molecule has 0 unspecified atom stereocenters. The summed E-state index contributed by atoms with van der Waals surface area (Å²) in [5.74, 6) is 0.601. The molecule has 6 heteroatoms. The van der Waals surface area contributed by atoms with E-state index >= 15 is 0 Å². The topological polar surface area (TPSA) is 76.7 Å². The number of hydrogen-bond donors (Lipinski definition) is 2. The molecular formula is C31H38N2O4. The van der Waals surface area contributed by atoms with Gasteiger partial charge in [-0.05, 0) is 70.7 Å². The van der Waals surface area contributed by atoms with Gasteiger partial charge >= 0.3 is 12.2 Å². The van der Waals surface area contributed by atoms with Crippen LogP contribution in [0, 0.1) is 11.3 Å². The number of nitrogens with one attached hydrogen (secondary N) is 2. The highest BCUT2D eigenvalue weighted by Crippen LogP contribution is 2.22. The minimum absolute atomic E-state index is 0.117. The van der Waals surface area contributed by atoms with Crippen LogP contribution in [0.25, 0.3) is 0 Å². The Hall–Kier alpha value is -3.80. The highest BCUT2D eigenvalue weighted by molar-refractivity contribution is 5.85. The molecule has 0 saturated heterocycles. The first kappa shape index (κ1) is 27.8. The zero-order valence-corrected chi connectivity index (χ0v) is 22.5. The summed E-state index contributed by atoms with van der Waals surface area (Å²) in [4.78, 5) is 24.3. The Morgan fingerprint density at radius 2 is 1.03 bits per heavy atom. The first-order chi connectivity index (χ1) is 17.6. The Morgan fingerprint density at radius 1 is 0.649 bits per heavy atom. The van der Waals surface area contributed by atoms with E-state index in [9.17, 15) is 9.59 Å². The van der Waals surface area contributed by atoms with Crippen LogP contribution in [0.4, 0.5) is 21.0 Å². The third-order valence-corrected chi connectivity index (χ3v) is 5.54. The average molecular weight is 503 g/mol. The van der Waals surface area contributed by atoms with Crippen molar-refractivity contribution in [2.75, 3.05) is 10.6 Å². The van der Waals surface area contributed by atoms with E-state index in [0.717, 1.165) is 24.0 Å². The molecule has 0 bridgehead atoms. The summed E-state index contributed by atoms with van der Waals surface area (Å²) in [6, 6.07) is 23.0. The Kier molecular flexibility index (Phi) is 9.72. The second kappa shape index (κ2) is 12.9. The smallest absolute Gasteiger partial charge is 0.411 e. The predicted octanol–water partition coefficient (Wildman–Crippen LogP) is 7.97. The molecule has 0 saturated carbocycles. The van der Waals surface area contributed by atoms with Crippen LogP contribution in [-0.2, 0) is 35.5 Å². The lowest BCUT2D eigenvalue weighted by Crippen LogP contribution is -2.14. The number of carbonyl (C=O) groups excluding carboxylic acids is 2. The van der Waals surface area contributed by atoms with Crippen molar-refractivity contribution in [3.05, 3.63) is 95.1 Å². The highest BCUT2D eigenvalue weighted by atomic mass is 16.6. The van der Waals surface area contributed by atoms with Crippen molar-refractivity contribution in [1.82, 2.24) is 0 Å². The van der Waals surface area contributed by atoms with Gasteiger partial charge in [0.05, 0.1) is 0 Å². The molecule has 3 aromatic carbocycles. The maximum absolute atomic E-state index is 12.2. The number of anilines is 2. The van der Waals surface area contributed by atoms with Gasteiger partial charge in [0.25, 0.3) is 0 Å². The monoisotopic (exact) mass is 502 g/mol. The normalized spacial score (nSPS) is 11.2. The van der Waals surface area contributed by atoms with E-state index in [2.05, 4.69) is 57.4 Å². The van der Waals surface area contributed by atoms with Crippen molar-refractivity contribution >= 4 is 23.6 Å². The molecular weight excluding hydrogens is 464 g/mol. The van der Waals surface area contributed by atoms with Gasteiger partial charge < -0.3 is 9.47 Å². The molecule has 3 aromatic rings.